The molecule has 14 heavy (non-hydrogen) atoms. The second-order valence-electron chi connectivity index (χ2n) is 3.00. The molecule has 0 fully saturated rings. The lowest BCUT2D eigenvalue weighted by Gasteiger charge is -1.98. The lowest BCUT2D eigenvalue weighted by molar-refractivity contribution is 0.851. The molecule has 0 amide bonds. The van der Waals surface area contributed by atoms with Gasteiger partial charge in [0.2, 0.25) is 0 Å². The summed E-state index contributed by atoms with van der Waals surface area (Å²) in [5, 5.41) is 8.71. The largest absolute Gasteiger partial charge is 0.327 e. The number of hydrogen-bond acceptors (Lipinski definition) is 2. The van der Waals surface area contributed by atoms with Crippen LogP contribution in [0.15, 0.2) is 37.2 Å². The van der Waals surface area contributed by atoms with Crippen molar-refractivity contribution in [2.24, 2.45) is 0 Å². The zero-order chi connectivity index (χ0) is 9.97. The van der Waals surface area contributed by atoms with E-state index in [2.05, 4.69) is 17.6 Å². The third kappa shape index (κ3) is 1.27. The fourth-order valence-corrected chi connectivity index (χ4v) is 1.42. The summed E-state index contributed by atoms with van der Waals surface area (Å²) in [5.74, 6) is 0. The van der Waals surface area contributed by atoms with E-state index in [1.807, 2.05) is 16.7 Å². The van der Waals surface area contributed by atoms with Crippen molar-refractivity contribution in [1.29, 1.82) is 5.26 Å². The molecule has 1 heterocycles. The van der Waals surface area contributed by atoms with Gasteiger partial charge in [0.1, 0.15) is 0 Å². The highest BCUT2D eigenvalue weighted by Crippen LogP contribution is 2.14. The standard InChI is InChI=1S/C11H9N3/c1-2-5-14-8-13-10-6-9(7-12)3-4-11(10)14/h2-4,6,8H,1,5H2. The summed E-state index contributed by atoms with van der Waals surface area (Å²) in [5.41, 5.74) is 2.52. The van der Waals surface area contributed by atoms with Gasteiger partial charge in [0.15, 0.2) is 0 Å². The number of aromatic nitrogens is 2. The molecule has 2 aromatic rings. The minimum absolute atomic E-state index is 0.640. The Balaban J connectivity index is 2.60. The first kappa shape index (κ1) is 8.52. The number of allylic oxidation sites excluding steroid dienone is 1. The average molecular weight is 183 g/mol. The Morgan fingerprint density at radius 2 is 2.43 bits per heavy atom. The molecule has 1 aromatic carbocycles. The Kier molecular flexibility index (Phi) is 2.04. The molecule has 1 aromatic heterocycles. The number of nitrogens with zero attached hydrogens (tertiary/aromatic N) is 3. The number of hydrogen-bond donors (Lipinski definition) is 0. The first-order chi connectivity index (χ1) is 6.85. The molecule has 2 rings (SSSR count). The second-order valence-corrected chi connectivity index (χ2v) is 3.00. The van der Waals surface area contributed by atoms with Gasteiger partial charge in [-0.25, -0.2) is 4.98 Å². The lowest BCUT2D eigenvalue weighted by Crippen LogP contribution is -1.91. The number of benzene rings is 1. The van der Waals surface area contributed by atoms with Crippen LogP contribution >= 0.6 is 0 Å². The van der Waals surface area contributed by atoms with Gasteiger partial charge >= 0.3 is 0 Å². The average Bonchev–Trinajstić information content (AvgIpc) is 2.61. The first-order valence-corrected chi connectivity index (χ1v) is 4.31. The molecule has 0 spiro atoms. The van der Waals surface area contributed by atoms with E-state index in [1.165, 1.54) is 0 Å². The minimum atomic E-state index is 0.640. The van der Waals surface area contributed by atoms with E-state index in [9.17, 15) is 0 Å². The van der Waals surface area contributed by atoms with Crippen molar-refractivity contribution in [3.63, 3.8) is 0 Å². The van der Waals surface area contributed by atoms with Crippen LogP contribution in [0.1, 0.15) is 5.56 Å². The summed E-state index contributed by atoms with van der Waals surface area (Å²) in [6, 6.07) is 7.58. The lowest BCUT2D eigenvalue weighted by atomic mass is 10.2. The number of rotatable bonds is 2. The van der Waals surface area contributed by atoms with E-state index in [-0.39, 0.29) is 0 Å². The van der Waals surface area contributed by atoms with Crippen LogP contribution in [0.5, 0.6) is 0 Å². The third-order valence-electron chi connectivity index (χ3n) is 2.08. The van der Waals surface area contributed by atoms with E-state index < -0.39 is 0 Å². The molecular formula is C11H9N3. The predicted molar refractivity (Wildman–Crippen MR) is 54.6 cm³/mol. The van der Waals surface area contributed by atoms with Crippen LogP contribution in [0, 0.1) is 11.3 Å². The van der Waals surface area contributed by atoms with Gasteiger partial charge < -0.3 is 4.57 Å². The van der Waals surface area contributed by atoms with Crippen molar-refractivity contribution in [2.45, 2.75) is 6.54 Å². The maximum absolute atomic E-state index is 8.71. The maximum Gasteiger partial charge on any atom is 0.0992 e. The van der Waals surface area contributed by atoms with Crippen LogP contribution in [0.4, 0.5) is 0 Å². The molecule has 0 aliphatic carbocycles. The zero-order valence-corrected chi connectivity index (χ0v) is 7.64. The van der Waals surface area contributed by atoms with Gasteiger partial charge in [-0.3, -0.25) is 0 Å². The van der Waals surface area contributed by atoms with E-state index in [4.69, 9.17) is 5.26 Å². The summed E-state index contributed by atoms with van der Waals surface area (Å²) >= 11 is 0. The van der Waals surface area contributed by atoms with Crippen LogP contribution in [0.2, 0.25) is 0 Å². The molecule has 0 N–H and O–H groups in total. The van der Waals surface area contributed by atoms with Gasteiger partial charge in [0.25, 0.3) is 0 Å². The summed E-state index contributed by atoms with van der Waals surface area (Å²) < 4.78 is 1.99. The zero-order valence-electron chi connectivity index (χ0n) is 7.64. The van der Waals surface area contributed by atoms with Crippen molar-refractivity contribution in [3.05, 3.63) is 42.7 Å². The van der Waals surface area contributed by atoms with Crippen LogP contribution in [-0.4, -0.2) is 9.55 Å². The first-order valence-electron chi connectivity index (χ1n) is 4.31. The molecule has 0 radical (unpaired) electrons. The molecule has 0 saturated carbocycles. The maximum atomic E-state index is 8.71. The summed E-state index contributed by atoms with van der Waals surface area (Å²) in [6.45, 7) is 4.41. The molecule has 0 bridgehead atoms. The molecular weight excluding hydrogens is 174 g/mol. The van der Waals surface area contributed by atoms with Gasteiger partial charge in [-0.1, -0.05) is 6.08 Å². The van der Waals surface area contributed by atoms with E-state index >= 15 is 0 Å². The smallest absolute Gasteiger partial charge is 0.0992 e. The number of nitriles is 1. The molecule has 0 aliphatic heterocycles. The minimum Gasteiger partial charge on any atom is -0.327 e. The highest BCUT2D eigenvalue weighted by Gasteiger charge is 2.01. The van der Waals surface area contributed by atoms with Crippen LogP contribution in [0.3, 0.4) is 0 Å². The molecule has 0 aliphatic rings. The van der Waals surface area contributed by atoms with Gasteiger partial charge in [0, 0.05) is 6.54 Å². The Morgan fingerprint density at radius 1 is 1.57 bits per heavy atom. The molecule has 68 valence electrons. The number of imidazole rings is 1. The normalized spacial score (nSPS) is 9.93. The van der Waals surface area contributed by atoms with Gasteiger partial charge in [-0.15, -0.1) is 6.58 Å². The fourth-order valence-electron chi connectivity index (χ4n) is 1.42. The molecule has 0 saturated heterocycles. The van der Waals surface area contributed by atoms with Crippen LogP contribution in [-0.2, 0) is 6.54 Å². The van der Waals surface area contributed by atoms with Crippen LogP contribution in [0.25, 0.3) is 11.0 Å². The predicted octanol–water partition coefficient (Wildman–Crippen LogP) is 2.09. The Morgan fingerprint density at radius 3 is 3.14 bits per heavy atom. The van der Waals surface area contributed by atoms with E-state index in [0.29, 0.717) is 5.56 Å². The summed E-state index contributed by atoms with van der Waals surface area (Å²) in [6.07, 6.45) is 3.58. The fraction of sp³-hybridized carbons (Fsp3) is 0.0909. The van der Waals surface area contributed by atoms with E-state index in [1.54, 1.807) is 18.5 Å². The van der Waals surface area contributed by atoms with Gasteiger partial charge in [-0.05, 0) is 18.2 Å². The van der Waals surface area contributed by atoms with Crippen molar-refractivity contribution in [3.8, 4) is 6.07 Å². The SMILES string of the molecule is C=CCn1cnc2cc(C#N)ccc21. The van der Waals surface area contributed by atoms with Crippen molar-refractivity contribution in [2.75, 3.05) is 0 Å². The van der Waals surface area contributed by atoms with Crippen LogP contribution < -0.4 is 0 Å². The summed E-state index contributed by atoms with van der Waals surface area (Å²) in [7, 11) is 0. The summed E-state index contributed by atoms with van der Waals surface area (Å²) in [4.78, 5) is 4.21. The monoisotopic (exact) mass is 183 g/mol. The van der Waals surface area contributed by atoms with Gasteiger partial charge in [-0.2, -0.15) is 5.26 Å². The molecule has 0 atom stereocenters. The van der Waals surface area contributed by atoms with E-state index in [0.717, 1.165) is 17.6 Å². The highest BCUT2D eigenvalue weighted by atomic mass is 15.0. The quantitative estimate of drug-likeness (QED) is 0.669. The van der Waals surface area contributed by atoms with Gasteiger partial charge in [0.05, 0.1) is 29.0 Å². The Labute approximate surface area is 81.9 Å². The Bertz CT molecular complexity index is 517. The molecule has 3 nitrogen and oxygen atoms in total. The van der Waals surface area contributed by atoms with Crippen molar-refractivity contribution < 1.29 is 0 Å². The van der Waals surface area contributed by atoms with Crippen molar-refractivity contribution in [1.82, 2.24) is 9.55 Å². The number of fused-ring (bicyclic) bond motifs is 1. The highest BCUT2D eigenvalue weighted by molar-refractivity contribution is 5.76. The second kappa shape index (κ2) is 3.35. The molecule has 0 unspecified atom stereocenters. The topological polar surface area (TPSA) is 41.6 Å². The third-order valence-corrected chi connectivity index (χ3v) is 2.08. The Hall–Kier alpha value is -2.08. The molecule has 3 heteroatoms. The van der Waals surface area contributed by atoms with Crippen molar-refractivity contribution >= 4 is 11.0 Å².